The van der Waals surface area contributed by atoms with Crippen LogP contribution in [0.15, 0.2) is 18.2 Å². The third-order valence-corrected chi connectivity index (χ3v) is 5.06. The molecule has 1 aliphatic rings. The summed E-state index contributed by atoms with van der Waals surface area (Å²) in [6.45, 7) is 7.40. The molecule has 1 aliphatic heterocycles. The van der Waals surface area contributed by atoms with E-state index in [1.54, 1.807) is 6.07 Å². The van der Waals surface area contributed by atoms with E-state index in [1.807, 2.05) is 13.8 Å². The zero-order valence-electron chi connectivity index (χ0n) is 15.4. The molecule has 0 bridgehead atoms. The number of carbonyl (C=O) groups is 1. The van der Waals surface area contributed by atoms with Crippen LogP contribution in [0.2, 0.25) is 0 Å². The maximum atomic E-state index is 13.7. The summed E-state index contributed by atoms with van der Waals surface area (Å²) in [5.74, 6) is -0.362. The van der Waals surface area contributed by atoms with E-state index in [9.17, 15) is 9.18 Å². The van der Waals surface area contributed by atoms with Crippen LogP contribution in [0.1, 0.15) is 32.3 Å². The van der Waals surface area contributed by atoms with Gasteiger partial charge >= 0.3 is 0 Å². The second-order valence-corrected chi connectivity index (χ2v) is 6.25. The number of anilines is 1. The van der Waals surface area contributed by atoms with E-state index in [4.69, 9.17) is 10.5 Å². The van der Waals surface area contributed by atoms with Crippen LogP contribution < -0.4 is 16.0 Å². The fourth-order valence-electron chi connectivity index (χ4n) is 3.12. The lowest BCUT2D eigenvalue weighted by molar-refractivity contribution is -0.131. The summed E-state index contributed by atoms with van der Waals surface area (Å²) in [5, 5.41) is 2.96. The predicted octanol–water partition coefficient (Wildman–Crippen LogP) is 2.89. The van der Waals surface area contributed by atoms with E-state index in [-0.39, 0.29) is 36.5 Å². The van der Waals surface area contributed by atoms with Gasteiger partial charge in [0.2, 0.25) is 5.91 Å². The lowest BCUT2D eigenvalue weighted by Gasteiger charge is -2.32. The van der Waals surface area contributed by atoms with Gasteiger partial charge in [0.15, 0.2) is 0 Å². The molecule has 0 radical (unpaired) electrons. The van der Waals surface area contributed by atoms with Crippen LogP contribution in [0, 0.1) is 11.2 Å². The van der Waals surface area contributed by atoms with Gasteiger partial charge in [0.25, 0.3) is 0 Å². The first-order chi connectivity index (χ1) is 11.6. The molecule has 0 spiro atoms. The van der Waals surface area contributed by atoms with Crippen molar-refractivity contribution in [2.75, 3.05) is 37.7 Å². The minimum Gasteiger partial charge on any atom is -0.378 e. The Morgan fingerprint density at radius 1 is 1.27 bits per heavy atom. The van der Waals surface area contributed by atoms with Crippen molar-refractivity contribution in [2.45, 2.75) is 33.2 Å². The number of morpholine rings is 1. The molecule has 1 saturated heterocycles. The summed E-state index contributed by atoms with van der Waals surface area (Å²) in [6.07, 6.45) is 1.37. The van der Waals surface area contributed by atoms with Crippen LogP contribution >= 0.6 is 24.8 Å². The van der Waals surface area contributed by atoms with Gasteiger partial charge in [-0.1, -0.05) is 13.8 Å². The predicted molar refractivity (Wildman–Crippen MR) is 108 cm³/mol. The number of halogens is 3. The number of nitrogens with zero attached hydrogens (tertiary/aromatic N) is 1. The molecular formula is C18H30Cl2FN3O2. The molecule has 1 aromatic rings. The molecule has 8 heteroatoms. The SMILES string of the molecule is CCC(CC)(CN)C(=O)NCc1cc(F)ccc1N1CCOCC1.Cl.Cl. The maximum absolute atomic E-state index is 13.7. The van der Waals surface area contributed by atoms with Gasteiger partial charge in [0, 0.05) is 31.9 Å². The van der Waals surface area contributed by atoms with Gasteiger partial charge in [-0.3, -0.25) is 4.79 Å². The lowest BCUT2D eigenvalue weighted by atomic mass is 9.81. The Kier molecular flexibility index (Phi) is 11.1. The summed E-state index contributed by atoms with van der Waals surface area (Å²) in [5.41, 5.74) is 7.01. The minimum atomic E-state index is -0.549. The van der Waals surface area contributed by atoms with Crippen molar-refractivity contribution in [1.29, 1.82) is 0 Å². The van der Waals surface area contributed by atoms with Crippen molar-refractivity contribution in [3.05, 3.63) is 29.6 Å². The molecule has 0 atom stereocenters. The number of rotatable bonds is 7. The number of ether oxygens (including phenoxy) is 1. The number of nitrogens with two attached hydrogens (primary N) is 1. The van der Waals surface area contributed by atoms with Crippen molar-refractivity contribution in [2.24, 2.45) is 11.1 Å². The van der Waals surface area contributed by atoms with Crippen molar-refractivity contribution >= 4 is 36.4 Å². The first-order valence-electron chi connectivity index (χ1n) is 8.65. The van der Waals surface area contributed by atoms with Gasteiger partial charge in [0.05, 0.1) is 18.6 Å². The molecule has 1 amide bonds. The maximum Gasteiger partial charge on any atom is 0.227 e. The fraction of sp³-hybridized carbons (Fsp3) is 0.611. The van der Waals surface area contributed by atoms with Crippen LogP contribution in [0.5, 0.6) is 0 Å². The second-order valence-electron chi connectivity index (χ2n) is 6.25. The highest BCUT2D eigenvalue weighted by Crippen LogP contribution is 2.26. The molecule has 0 unspecified atom stereocenters. The van der Waals surface area contributed by atoms with Crippen LogP contribution in [0.25, 0.3) is 0 Å². The van der Waals surface area contributed by atoms with Gasteiger partial charge in [-0.05, 0) is 36.6 Å². The monoisotopic (exact) mass is 409 g/mol. The fourth-order valence-corrected chi connectivity index (χ4v) is 3.12. The van der Waals surface area contributed by atoms with Gasteiger partial charge in [0.1, 0.15) is 5.82 Å². The molecule has 3 N–H and O–H groups in total. The van der Waals surface area contributed by atoms with Gasteiger partial charge < -0.3 is 20.7 Å². The average Bonchev–Trinajstić information content (AvgIpc) is 2.62. The van der Waals surface area contributed by atoms with E-state index < -0.39 is 5.41 Å². The Hall–Kier alpha value is -1.08. The normalized spacial score (nSPS) is 14.2. The molecule has 5 nitrogen and oxygen atoms in total. The Labute approximate surface area is 167 Å². The first kappa shape index (κ1) is 24.9. The molecule has 26 heavy (non-hydrogen) atoms. The summed E-state index contributed by atoms with van der Waals surface area (Å²) in [4.78, 5) is 14.8. The Balaban J connectivity index is 0.00000312. The molecule has 1 aromatic carbocycles. The number of amides is 1. The molecule has 0 aliphatic carbocycles. The van der Waals surface area contributed by atoms with E-state index in [0.717, 1.165) is 24.3 Å². The molecular weight excluding hydrogens is 380 g/mol. The first-order valence-corrected chi connectivity index (χ1v) is 8.65. The summed E-state index contributed by atoms with van der Waals surface area (Å²) >= 11 is 0. The highest BCUT2D eigenvalue weighted by Gasteiger charge is 2.33. The standard InChI is InChI=1S/C18H28FN3O2.2ClH/c1-3-18(4-2,13-20)17(23)21-12-14-11-15(19)5-6-16(14)22-7-9-24-10-8-22;;/h5-6,11H,3-4,7-10,12-13,20H2,1-2H3,(H,21,23);2*1H. The highest BCUT2D eigenvalue weighted by atomic mass is 35.5. The van der Waals surface area contributed by atoms with Crippen LogP contribution in [-0.2, 0) is 16.1 Å². The Morgan fingerprint density at radius 2 is 1.88 bits per heavy atom. The van der Waals surface area contributed by atoms with Crippen molar-refractivity contribution in [3.63, 3.8) is 0 Å². The Morgan fingerprint density at radius 3 is 2.42 bits per heavy atom. The van der Waals surface area contributed by atoms with Gasteiger partial charge in [-0.15, -0.1) is 24.8 Å². The van der Waals surface area contributed by atoms with E-state index in [1.165, 1.54) is 12.1 Å². The number of nitrogens with one attached hydrogen (secondary N) is 1. The summed E-state index contributed by atoms with van der Waals surface area (Å²) in [7, 11) is 0. The topological polar surface area (TPSA) is 67.6 Å². The number of benzene rings is 1. The van der Waals surface area contributed by atoms with Crippen LogP contribution in [0.3, 0.4) is 0 Å². The zero-order valence-corrected chi connectivity index (χ0v) is 17.1. The third kappa shape index (κ3) is 5.71. The zero-order chi connectivity index (χ0) is 17.6. The third-order valence-electron chi connectivity index (χ3n) is 5.06. The molecule has 0 aromatic heterocycles. The molecule has 2 rings (SSSR count). The highest BCUT2D eigenvalue weighted by molar-refractivity contribution is 5.85. The lowest BCUT2D eigenvalue weighted by Crippen LogP contribution is -2.45. The van der Waals surface area contributed by atoms with Crippen molar-refractivity contribution < 1.29 is 13.9 Å². The van der Waals surface area contributed by atoms with E-state index in [0.29, 0.717) is 39.1 Å². The average molecular weight is 410 g/mol. The quantitative estimate of drug-likeness (QED) is 0.726. The smallest absolute Gasteiger partial charge is 0.227 e. The molecule has 1 heterocycles. The molecule has 1 fully saturated rings. The van der Waals surface area contributed by atoms with Crippen molar-refractivity contribution in [3.8, 4) is 0 Å². The number of hydrogen-bond donors (Lipinski definition) is 2. The second kappa shape index (κ2) is 11.6. The Bertz CT molecular complexity index is 557. The minimum absolute atomic E-state index is 0. The van der Waals surface area contributed by atoms with Crippen molar-refractivity contribution in [1.82, 2.24) is 5.32 Å². The van der Waals surface area contributed by atoms with Gasteiger partial charge in [-0.2, -0.15) is 0 Å². The largest absolute Gasteiger partial charge is 0.378 e. The number of hydrogen-bond acceptors (Lipinski definition) is 4. The van der Waals surface area contributed by atoms with E-state index in [2.05, 4.69) is 10.2 Å². The number of carbonyl (C=O) groups excluding carboxylic acids is 1. The van der Waals surface area contributed by atoms with E-state index >= 15 is 0 Å². The summed E-state index contributed by atoms with van der Waals surface area (Å²) in [6, 6.07) is 4.73. The van der Waals surface area contributed by atoms with Gasteiger partial charge in [-0.25, -0.2) is 4.39 Å². The summed E-state index contributed by atoms with van der Waals surface area (Å²) < 4.78 is 19.1. The molecule has 150 valence electrons. The van der Waals surface area contributed by atoms with Crippen LogP contribution in [0.4, 0.5) is 10.1 Å². The van der Waals surface area contributed by atoms with Crippen LogP contribution in [-0.4, -0.2) is 38.8 Å². The molecule has 0 saturated carbocycles.